The van der Waals surface area contributed by atoms with Gasteiger partial charge in [0, 0.05) is 38.5 Å². The van der Waals surface area contributed by atoms with Gasteiger partial charge in [-0.1, -0.05) is 97.1 Å². The lowest BCUT2D eigenvalue weighted by Gasteiger charge is -2.28. The summed E-state index contributed by atoms with van der Waals surface area (Å²) in [7, 11) is 0. The van der Waals surface area contributed by atoms with Crippen LogP contribution in [-0.4, -0.2) is 0 Å². The van der Waals surface area contributed by atoms with Crippen LogP contribution in [0.4, 0.5) is 17.1 Å². The Hall–Kier alpha value is -5.80. The average Bonchev–Trinajstić information content (AvgIpc) is 3.64. The SMILES string of the molecule is c1ccc(N(c2ccccc2)c2c(-c3ccc4ccccc4c3)ccc3c2oc2ccc4oc5ccccc5c4c23)cc1. The van der Waals surface area contributed by atoms with Gasteiger partial charge in [0.05, 0.1) is 5.69 Å². The molecule has 2 heterocycles. The Bertz CT molecular complexity index is 2410. The van der Waals surface area contributed by atoms with Crippen molar-refractivity contribution >= 4 is 71.7 Å². The highest BCUT2D eigenvalue weighted by atomic mass is 16.3. The maximum atomic E-state index is 6.90. The van der Waals surface area contributed by atoms with Gasteiger partial charge in [0.25, 0.3) is 0 Å². The number of rotatable bonds is 4. The molecule has 3 heteroatoms. The lowest BCUT2D eigenvalue weighted by molar-refractivity contribution is 0.663. The summed E-state index contributed by atoms with van der Waals surface area (Å²) in [5.41, 5.74) is 8.76. The van der Waals surface area contributed by atoms with Gasteiger partial charge in [0.2, 0.25) is 0 Å². The summed E-state index contributed by atoms with van der Waals surface area (Å²) in [6.45, 7) is 0. The first-order valence-electron chi connectivity index (χ1n) is 14.5. The summed E-state index contributed by atoms with van der Waals surface area (Å²) in [6, 6.07) is 53.0. The fraction of sp³-hybridized carbons (Fsp3) is 0. The molecule has 3 nitrogen and oxygen atoms in total. The van der Waals surface area contributed by atoms with Gasteiger partial charge >= 0.3 is 0 Å². The van der Waals surface area contributed by atoms with E-state index in [1.54, 1.807) is 0 Å². The van der Waals surface area contributed by atoms with Gasteiger partial charge in [-0.25, -0.2) is 0 Å². The van der Waals surface area contributed by atoms with Gasteiger partial charge in [-0.15, -0.1) is 0 Å². The van der Waals surface area contributed by atoms with Crippen LogP contribution in [0.25, 0.3) is 65.8 Å². The zero-order chi connectivity index (χ0) is 28.3. The number of hydrogen-bond donors (Lipinski definition) is 0. The molecule has 0 aliphatic heterocycles. The summed E-state index contributed by atoms with van der Waals surface area (Å²) >= 11 is 0. The Balaban J connectivity index is 1.44. The van der Waals surface area contributed by atoms with Crippen LogP contribution >= 0.6 is 0 Å². The third kappa shape index (κ3) is 3.68. The van der Waals surface area contributed by atoms with Crippen LogP contribution < -0.4 is 4.90 Å². The van der Waals surface area contributed by atoms with Crippen molar-refractivity contribution in [1.29, 1.82) is 0 Å². The van der Waals surface area contributed by atoms with Gasteiger partial charge in [-0.3, -0.25) is 0 Å². The Labute approximate surface area is 247 Å². The van der Waals surface area contributed by atoms with E-state index in [4.69, 9.17) is 8.83 Å². The third-order valence-corrected chi connectivity index (χ3v) is 8.43. The Morgan fingerprint density at radius 1 is 0.419 bits per heavy atom. The van der Waals surface area contributed by atoms with E-state index in [-0.39, 0.29) is 0 Å². The van der Waals surface area contributed by atoms with Crippen LogP contribution in [0.2, 0.25) is 0 Å². The van der Waals surface area contributed by atoms with Crippen LogP contribution in [0.5, 0.6) is 0 Å². The summed E-state index contributed by atoms with van der Waals surface area (Å²) in [4.78, 5) is 2.32. The zero-order valence-corrected chi connectivity index (χ0v) is 23.2. The van der Waals surface area contributed by atoms with Crippen LogP contribution in [0.15, 0.2) is 160 Å². The maximum absolute atomic E-state index is 6.90. The van der Waals surface area contributed by atoms with Crippen molar-refractivity contribution in [1.82, 2.24) is 0 Å². The molecule has 0 saturated heterocycles. The van der Waals surface area contributed by atoms with Gasteiger partial charge in [0.1, 0.15) is 16.7 Å². The molecule has 0 fully saturated rings. The fourth-order valence-corrected chi connectivity index (χ4v) is 6.50. The van der Waals surface area contributed by atoms with Gasteiger partial charge < -0.3 is 13.7 Å². The topological polar surface area (TPSA) is 29.5 Å². The first kappa shape index (κ1) is 23.9. The van der Waals surface area contributed by atoms with E-state index in [0.717, 1.165) is 72.1 Å². The van der Waals surface area contributed by atoms with Crippen molar-refractivity contribution in [2.75, 3.05) is 4.90 Å². The summed E-state index contributed by atoms with van der Waals surface area (Å²) in [6.07, 6.45) is 0. The van der Waals surface area contributed by atoms with Crippen LogP contribution in [0.1, 0.15) is 0 Å². The first-order valence-corrected chi connectivity index (χ1v) is 14.5. The number of hydrogen-bond acceptors (Lipinski definition) is 3. The highest BCUT2D eigenvalue weighted by Gasteiger charge is 2.25. The predicted molar refractivity (Wildman–Crippen MR) is 179 cm³/mol. The molecule has 202 valence electrons. The molecule has 2 aromatic heterocycles. The van der Waals surface area contributed by atoms with Crippen molar-refractivity contribution in [3.05, 3.63) is 152 Å². The van der Waals surface area contributed by atoms with Gasteiger partial charge in [-0.05, 0) is 70.9 Å². The minimum atomic E-state index is 0.839. The molecule has 0 spiro atoms. The second kappa shape index (κ2) is 9.37. The van der Waals surface area contributed by atoms with Crippen LogP contribution in [0, 0.1) is 0 Å². The molecule has 0 aliphatic carbocycles. The highest BCUT2D eigenvalue weighted by Crippen LogP contribution is 2.49. The molecule has 7 aromatic carbocycles. The molecular formula is C40H25NO2. The standard InChI is InChI=1S/C40H25NO2/c1-3-13-29(14-4-1)41(30-15-5-2-6-16-30)39-31(28-20-19-26-11-7-8-12-27(26)25-28)21-22-33-38-36(43-40(33)39)24-23-35-37(38)32-17-9-10-18-34(32)42-35/h1-25H. The number of furan rings is 2. The molecule has 0 saturated carbocycles. The maximum Gasteiger partial charge on any atom is 0.160 e. The lowest BCUT2D eigenvalue weighted by Crippen LogP contribution is -2.11. The Morgan fingerprint density at radius 2 is 1.05 bits per heavy atom. The molecule has 43 heavy (non-hydrogen) atoms. The molecule has 0 atom stereocenters. The number of para-hydroxylation sites is 3. The van der Waals surface area contributed by atoms with Crippen LogP contribution in [0.3, 0.4) is 0 Å². The van der Waals surface area contributed by atoms with Crippen molar-refractivity contribution in [2.24, 2.45) is 0 Å². The van der Waals surface area contributed by atoms with E-state index in [1.807, 2.05) is 24.3 Å². The van der Waals surface area contributed by atoms with Crippen molar-refractivity contribution < 1.29 is 8.83 Å². The van der Waals surface area contributed by atoms with Gasteiger partial charge in [-0.2, -0.15) is 0 Å². The highest BCUT2D eigenvalue weighted by molar-refractivity contribution is 6.27. The monoisotopic (exact) mass is 551 g/mol. The smallest absolute Gasteiger partial charge is 0.160 e. The van der Waals surface area contributed by atoms with E-state index in [1.165, 1.54) is 10.8 Å². The minimum absolute atomic E-state index is 0.839. The zero-order valence-electron chi connectivity index (χ0n) is 23.2. The predicted octanol–water partition coefficient (Wildman–Crippen LogP) is 11.8. The molecule has 0 bridgehead atoms. The summed E-state index contributed by atoms with van der Waals surface area (Å²) in [5.74, 6) is 0. The number of fused-ring (bicyclic) bond motifs is 8. The largest absolute Gasteiger partial charge is 0.456 e. The van der Waals surface area contributed by atoms with Crippen molar-refractivity contribution in [3.8, 4) is 11.1 Å². The van der Waals surface area contributed by atoms with Crippen molar-refractivity contribution in [3.63, 3.8) is 0 Å². The quantitative estimate of drug-likeness (QED) is 0.218. The number of anilines is 3. The van der Waals surface area contributed by atoms with Crippen molar-refractivity contribution in [2.45, 2.75) is 0 Å². The van der Waals surface area contributed by atoms with Gasteiger partial charge in [0.15, 0.2) is 5.58 Å². The molecule has 9 rings (SSSR count). The Kier molecular flexibility index (Phi) is 5.20. The molecule has 0 unspecified atom stereocenters. The number of nitrogens with zero attached hydrogens (tertiary/aromatic N) is 1. The lowest BCUT2D eigenvalue weighted by atomic mass is 9.96. The van der Waals surface area contributed by atoms with E-state index >= 15 is 0 Å². The second-order valence-electron chi connectivity index (χ2n) is 10.9. The summed E-state index contributed by atoms with van der Waals surface area (Å²) in [5, 5.41) is 6.73. The normalized spacial score (nSPS) is 11.7. The third-order valence-electron chi connectivity index (χ3n) is 8.43. The second-order valence-corrected chi connectivity index (χ2v) is 10.9. The van der Waals surface area contributed by atoms with E-state index in [2.05, 4.69) is 132 Å². The molecule has 0 N–H and O–H groups in total. The average molecular weight is 552 g/mol. The number of benzene rings is 7. The molecule has 9 aromatic rings. The van der Waals surface area contributed by atoms with E-state index < -0.39 is 0 Å². The Morgan fingerprint density at radius 3 is 1.81 bits per heavy atom. The minimum Gasteiger partial charge on any atom is -0.456 e. The molecule has 0 aliphatic rings. The molecule has 0 amide bonds. The summed E-state index contributed by atoms with van der Waals surface area (Å²) < 4.78 is 13.2. The first-order chi connectivity index (χ1) is 21.3. The molecule has 0 radical (unpaired) electrons. The van der Waals surface area contributed by atoms with E-state index in [0.29, 0.717) is 0 Å². The van der Waals surface area contributed by atoms with E-state index in [9.17, 15) is 0 Å². The fourth-order valence-electron chi connectivity index (χ4n) is 6.50. The van der Waals surface area contributed by atoms with Crippen LogP contribution in [-0.2, 0) is 0 Å². The molecular weight excluding hydrogens is 526 g/mol.